The number of ether oxygens (including phenoxy) is 1. The average molecular weight is 631 g/mol. The predicted octanol–water partition coefficient (Wildman–Crippen LogP) is 2.63. The molecule has 0 saturated heterocycles. The maximum atomic E-state index is 13.8. The molecule has 0 aliphatic rings. The van der Waals surface area contributed by atoms with Gasteiger partial charge in [0.2, 0.25) is 23.4 Å². The van der Waals surface area contributed by atoms with Gasteiger partial charge < -0.3 is 25.8 Å². The van der Waals surface area contributed by atoms with E-state index < -0.39 is 124 Å². The molecule has 2 atom stereocenters. The first-order valence-electron chi connectivity index (χ1n) is 11.5. The molecule has 0 fully saturated rings. The molecule has 2 aromatic rings. The van der Waals surface area contributed by atoms with Gasteiger partial charge in [-0.1, -0.05) is 13.8 Å². The van der Waals surface area contributed by atoms with Crippen LogP contribution in [0.4, 0.5) is 45.2 Å². The normalized spacial score (nSPS) is 12.4. The molecule has 4 N–H and O–H groups in total. The summed E-state index contributed by atoms with van der Waals surface area (Å²) in [7, 11) is 0. The molecule has 2 aromatic carbocycles. The number of hydrogen-bond acceptors (Lipinski definition) is 6. The van der Waals surface area contributed by atoms with Crippen molar-refractivity contribution in [2.75, 3.05) is 11.9 Å². The van der Waals surface area contributed by atoms with E-state index in [0.717, 1.165) is 5.32 Å². The van der Waals surface area contributed by atoms with Crippen molar-refractivity contribution in [3.63, 3.8) is 0 Å². The number of carbonyl (C=O) groups excluding carboxylic acids is 4. The van der Waals surface area contributed by atoms with Gasteiger partial charge in [-0.15, -0.1) is 0 Å². The summed E-state index contributed by atoms with van der Waals surface area (Å²) in [5, 5.41) is 13.9. The maximum absolute atomic E-state index is 13.8. The molecule has 3 amide bonds. The summed E-state index contributed by atoms with van der Waals surface area (Å²) in [6.45, 7) is 1.05. The molecule has 43 heavy (non-hydrogen) atoms. The second-order valence-corrected chi connectivity index (χ2v) is 8.81. The van der Waals surface area contributed by atoms with Crippen molar-refractivity contribution < 1.29 is 73.3 Å². The van der Waals surface area contributed by atoms with Crippen molar-refractivity contribution in [1.29, 1.82) is 0 Å². The number of carboxylic acids is 1. The third-order valence-corrected chi connectivity index (χ3v) is 5.40. The van der Waals surface area contributed by atoms with Gasteiger partial charge in [0.25, 0.3) is 0 Å². The monoisotopic (exact) mass is 631 g/mol. The Labute approximate surface area is 234 Å². The van der Waals surface area contributed by atoms with Gasteiger partial charge in [0.1, 0.15) is 24.4 Å². The van der Waals surface area contributed by atoms with Crippen LogP contribution in [0.2, 0.25) is 0 Å². The number of hydrogen-bond donors (Lipinski definition) is 4. The van der Waals surface area contributed by atoms with E-state index in [1.165, 1.54) is 13.8 Å². The van der Waals surface area contributed by atoms with Crippen LogP contribution in [0, 0.1) is 58.3 Å². The molecule has 0 radical (unpaired) electrons. The van der Waals surface area contributed by atoms with Gasteiger partial charge in [-0.25, -0.2) is 30.7 Å². The van der Waals surface area contributed by atoms with E-state index in [-0.39, 0.29) is 6.07 Å². The molecule has 0 bridgehead atoms. The lowest BCUT2D eigenvalue weighted by Gasteiger charge is -2.24. The van der Waals surface area contributed by atoms with Gasteiger partial charge in [-0.05, 0) is 5.92 Å². The summed E-state index contributed by atoms with van der Waals surface area (Å²) in [6, 6.07) is -4.04. The Bertz CT molecular complexity index is 1430. The van der Waals surface area contributed by atoms with Crippen molar-refractivity contribution in [1.82, 2.24) is 10.6 Å². The van der Waals surface area contributed by atoms with Crippen LogP contribution < -0.4 is 20.7 Å². The Morgan fingerprint density at radius 2 is 1.23 bits per heavy atom. The van der Waals surface area contributed by atoms with Crippen LogP contribution in [-0.2, 0) is 24.0 Å². The smallest absolute Gasteiger partial charge is 0.313 e. The van der Waals surface area contributed by atoms with Crippen LogP contribution in [0.25, 0.3) is 0 Å². The highest BCUT2D eigenvalue weighted by Gasteiger charge is 2.33. The number of nitrogens with one attached hydrogen (secondary N) is 3. The van der Waals surface area contributed by atoms with E-state index in [9.17, 15) is 63.5 Å². The summed E-state index contributed by atoms with van der Waals surface area (Å²) >= 11 is 0. The zero-order valence-corrected chi connectivity index (χ0v) is 21.5. The molecule has 2 rings (SSSR count). The maximum Gasteiger partial charge on any atom is 0.313 e. The fourth-order valence-corrected chi connectivity index (χ4v) is 3.23. The molecule has 0 spiro atoms. The standard InChI is InChI=1S/C24H18F9N3O7/c1-6(2)19(35-23(41)24(42)36-20-17(32)15(30)14(29)16(31)18(20)33)22(40)34-9(4-11(38)39)10(37)5-43-21-12(27)7(25)3-8(26)13(21)28/h3,6,9,19H,4-5H2,1-2H3,(H,34,40)(H,35,41)(H,36,42)(H,38,39)/t9-,19-/m0/s1. The third kappa shape index (κ3) is 7.92. The number of Topliss-reactive ketones (excluding diaryl/α,β-unsaturated/α-hetero) is 1. The lowest BCUT2D eigenvalue weighted by molar-refractivity contribution is -0.141. The van der Waals surface area contributed by atoms with Crippen molar-refractivity contribution in [3.8, 4) is 5.75 Å². The van der Waals surface area contributed by atoms with Gasteiger partial charge in [-0.3, -0.25) is 24.0 Å². The number of halogens is 9. The lowest BCUT2D eigenvalue weighted by atomic mass is 10.0. The van der Waals surface area contributed by atoms with E-state index in [0.29, 0.717) is 0 Å². The Morgan fingerprint density at radius 3 is 1.70 bits per heavy atom. The van der Waals surface area contributed by atoms with E-state index >= 15 is 0 Å². The molecule has 0 unspecified atom stereocenters. The number of anilines is 1. The Hall–Kier alpha value is -4.84. The number of aliphatic carboxylic acids is 1. The van der Waals surface area contributed by atoms with Crippen LogP contribution in [0.1, 0.15) is 20.3 Å². The molecule has 234 valence electrons. The van der Waals surface area contributed by atoms with E-state index in [1.54, 1.807) is 5.32 Å². The first kappa shape index (κ1) is 34.4. The Balaban J connectivity index is 2.20. The zero-order chi connectivity index (χ0) is 32.9. The average Bonchev–Trinajstić information content (AvgIpc) is 2.93. The summed E-state index contributed by atoms with van der Waals surface area (Å²) in [5.41, 5.74) is -1.89. The highest BCUT2D eigenvalue weighted by Crippen LogP contribution is 2.28. The molecule has 0 heterocycles. The summed E-state index contributed by atoms with van der Waals surface area (Å²) in [4.78, 5) is 60.9. The lowest BCUT2D eigenvalue weighted by Crippen LogP contribution is -2.56. The minimum Gasteiger partial charge on any atom is -0.481 e. The second kappa shape index (κ2) is 13.9. The minimum atomic E-state index is -2.55. The highest BCUT2D eigenvalue weighted by atomic mass is 19.2. The highest BCUT2D eigenvalue weighted by molar-refractivity contribution is 6.40. The van der Waals surface area contributed by atoms with Crippen LogP contribution in [0.15, 0.2) is 6.07 Å². The van der Waals surface area contributed by atoms with Crippen molar-refractivity contribution >= 4 is 35.2 Å². The first-order valence-corrected chi connectivity index (χ1v) is 11.5. The second-order valence-electron chi connectivity index (χ2n) is 8.81. The third-order valence-electron chi connectivity index (χ3n) is 5.40. The van der Waals surface area contributed by atoms with Gasteiger partial charge in [0, 0.05) is 6.07 Å². The van der Waals surface area contributed by atoms with E-state index in [4.69, 9.17) is 5.11 Å². The van der Waals surface area contributed by atoms with Gasteiger partial charge in [0.05, 0.1) is 6.42 Å². The molecule has 0 aliphatic heterocycles. The van der Waals surface area contributed by atoms with Crippen LogP contribution in [0.3, 0.4) is 0 Å². The van der Waals surface area contributed by atoms with E-state index in [2.05, 4.69) is 4.74 Å². The molecular weight excluding hydrogens is 613 g/mol. The summed E-state index contributed by atoms with van der Waals surface area (Å²) < 4.78 is 126. The first-order chi connectivity index (χ1) is 19.9. The number of carbonyl (C=O) groups is 5. The molecule has 0 aromatic heterocycles. The minimum absolute atomic E-state index is 0.156. The van der Waals surface area contributed by atoms with Crippen LogP contribution >= 0.6 is 0 Å². The van der Waals surface area contributed by atoms with Crippen molar-refractivity contribution in [3.05, 3.63) is 58.4 Å². The SMILES string of the molecule is CC(C)[C@H](NC(=O)C(=O)Nc1c(F)c(F)c(F)c(F)c1F)C(=O)N[C@@H](CC(=O)O)C(=O)COc1c(F)c(F)cc(F)c1F. The summed E-state index contributed by atoms with van der Waals surface area (Å²) in [5.74, 6) is -31.3. The quantitative estimate of drug-likeness (QED) is 0.129. The Morgan fingerprint density at radius 1 is 0.744 bits per heavy atom. The number of rotatable bonds is 11. The van der Waals surface area contributed by atoms with Gasteiger partial charge >= 0.3 is 17.8 Å². The fraction of sp³-hybridized carbons (Fsp3) is 0.292. The van der Waals surface area contributed by atoms with Gasteiger partial charge in [0.15, 0.2) is 46.4 Å². The zero-order valence-electron chi connectivity index (χ0n) is 21.5. The molecule has 0 saturated carbocycles. The number of amides is 3. The number of benzene rings is 2. The van der Waals surface area contributed by atoms with Gasteiger partial charge in [-0.2, -0.15) is 8.78 Å². The summed E-state index contributed by atoms with van der Waals surface area (Å²) in [6.07, 6.45) is -1.20. The Kier molecular flexibility index (Phi) is 11.1. The van der Waals surface area contributed by atoms with Crippen molar-refractivity contribution in [2.24, 2.45) is 5.92 Å². The molecular formula is C24H18F9N3O7. The molecule has 10 nitrogen and oxygen atoms in total. The molecule has 19 heteroatoms. The number of carboxylic acid groups (broad SMARTS) is 1. The van der Waals surface area contributed by atoms with Crippen LogP contribution in [-0.4, -0.2) is 53.3 Å². The number of ketones is 1. The van der Waals surface area contributed by atoms with Crippen molar-refractivity contribution in [2.45, 2.75) is 32.4 Å². The topological polar surface area (TPSA) is 151 Å². The largest absolute Gasteiger partial charge is 0.481 e. The molecule has 0 aliphatic carbocycles. The van der Waals surface area contributed by atoms with E-state index in [1.807, 2.05) is 5.32 Å². The fourth-order valence-electron chi connectivity index (χ4n) is 3.23. The van der Waals surface area contributed by atoms with Crippen LogP contribution in [0.5, 0.6) is 5.75 Å². The predicted molar refractivity (Wildman–Crippen MR) is 123 cm³/mol.